The van der Waals surface area contributed by atoms with E-state index < -0.39 is 0 Å². The molecule has 0 bridgehead atoms. The topological polar surface area (TPSA) is 17.1 Å². The molecule has 0 aromatic heterocycles. The van der Waals surface area contributed by atoms with Gasteiger partial charge < -0.3 is 0 Å². The molecule has 1 aliphatic carbocycles. The predicted molar refractivity (Wildman–Crippen MR) is 60.2 cm³/mol. The van der Waals surface area contributed by atoms with Crippen molar-refractivity contribution < 1.29 is 4.79 Å². The van der Waals surface area contributed by atoms with Crippen LogP contribution < -0.4 is 0 Å². The number of Topliss-reactive ketones (excluding diaryl/α,β-unsaturated/α-hetero) is 1. The molecule has 0 N–H and O–H groups in total. The Bertz CT molecular complexity index is 236. The third-order valence-electron chi connectivity index (χ3n) is 2.64. The molecule has 78 valence electrons. The van der Waals surface area contributed by atoms with Crippen molar-refractivity contribution in [3.63, 3.8) is 0 Å². The Morgan fingerprint density at radius 1 is 1.29 bits per heavy atom. The maximum atomic E-state index is 11.6. The lowest BCUT2D eigenvalue weighted by Gasteiger charge is -2.01. The van der Waals surface area contributed by atoms with Crippen molar-refractivity contribution in [1.29, 1.82) is 0 Å². The maximum absolute atomic E-state index is 11.6. The summed E-state index contributed by atoms with van der Waals surface area (Å²) in [5.41, 5.74) is 1.00. The van der Waals surface area contributed by atoms with E-state index in [2.05, 4.69) is 6.92 Å². The van der Waals surface area contributed by atoms with Gasteiger partial charge >= 0.3 is 0 Å². The Morgan fingerprint density at radius 3 is 2.71 bits per heavy atom. The summed E-state index contributed by atoms with van der Waals surface area (Å²) in [6.45, 7) is 2.21. The zero-order valence-corrected chi connectivity index (χ0v) is 9.09. The number of allylic oxidation sites excluding steroid dienone is 4. The molecule has 1 nitrogen and oxygen atoms in total. The van der Waals surface area contributed by atoms with Crippen LogP contribution >= 0.6 is 0 Å². The normalized spacial score (nSPS) is 14.5. The summed E-state index contributed by atoms with van der Waals surface area (Å²) in [5, 5.41) is 0. The highest BCUT2D eigenvalue weighted by atomic mass is 16.1. The molecule has 0 atom stereocenters. The lowest BCUT2D eigenvalue weighted by atomic mass is 10.0. The Labute approximate surface area is 86.9 Å². The zero-order valence-electron chi connectivity index (χ0n) is 9.09. The number of hydrogen-bond donors (Lipinski definition) is 0. The van der Waals surface area contributed by atoms with Gasteiger partial charge in [0.25, 0.3) is 0 Å². The smallest absolute Gasteiger partial charge is 0.159 e. The van der Waals surface area contributed by atoms with Crippen LogP contribution in [-0.2, 0) is 4.79 Å². The molecule has 0 unspecified atom stereocenters. The molecule has 0 saturated heterocycles. The molecule has 0 fully saturated rings. The number of rotatable bonds is 7. The van der Waals surface area contributed by atoms with E-state index in [0.29, 0.717) is 5.78 Å². The fourth-order valence-electron chi connectivity index (χ4n) is 1.70. The van der Waals surface area contributed by atoms with Gasteiger partial charge in [-0.15, -0.1) is 0 Å². The van der Waals surface area contributed by atoms with E-state index in [1.807, 2.05) is 18.2 Å². The van der Waals surface area contributed by atoms with Gasteiger partial charge in [-0.3, -0.25) is 4.79 Å². The highest BCUT2D eigenvalue weighted by molar-refractivity contribution is 5.96. The summed E-state index contributed by atoms with van der Waals surface area (Å²) < 4.78 is 0. The fraction of sp³-hybridized carbons (Fsp3) is 0.615. The molecule has 0 heterocycles. The third kappa shape index (κ3) is 3.91. The molecule has 0 aliphatic heterocycles. The van der Waals surface area contributed by atoms with Gasteiger partial charge in [-0.25, -0.2) is 0 Å². The Kier molecular flexibility index (Phi) is 5.28. The van der Waals surface area contributed by atoms with Gasteiger partial charge in [0.05, 0.1) is 0 Å². The Morgan fingerprint density at radius 2 is 2.07 bits per heavy atom. The van der Waals surface area contributed by atoms with Gasteiger partial charge in [0.15, 0.2) is 5.78 Å². The molecule has 0 radical (unpaired) electrons. The van der Waals surface area contributed by atoms with Crippen LogP contribution in [0.4, 0.5) is 0 Å². The molecular formula is C13H20O. The minimum atomic E-state index is 0.353. The van der Waals surface area contributed by atoms with Gasteiger partial charge in [0, 0.05) is 6.42 Å². The van der Waals surface area contributed by atoms with Crippen molar-refractivity contribution in [2.24, 2.45) is 0 Å². The standard InChI is InChI=1S/C13H20O/c1-2-3-4-5-6-11-13(14)12-9-7-8-10-12/h7-9H,2-6,10-11H2,1H3. The first-order chi connectivity index (χ1) is 6.84. The minimum absolute atomic E-state index is 0.353. The monoisotopic (exact) mass is 192 g/mol. The molecule has 1 aliphatic rings. The summed E-state index contributed by atoms with van der Waals surface area (Å²) >= 11 is 0. The van der Waals surface area contributed by atoms with E-state index in [1.165, 1.54) is 25.7 Å². The largest absolute Gasteiger partial charge is 0.295 e. The second-order valence-electron chi connectivity index (χ2n) is 3.91. The summed E-state index contributed by atoms with van der Waals surface area (Å²) in [7, 11) is 0. The summed E-state index contributed by atoms with van der Waals surface area (Å²) in [6, 6.07) is 0. The second kappa shape index (κ2) is 6.58. The van der Waals surface area contributed by atoms with Crippen molar-refractivity contribution in [2.75, 3.05) is 0 Å². The van der Waals surface area contributed by atoms with E-state index in [1.54, 1.807) is 0 Å². The van der Waals surface area contributed by atoms with Crippen LogP contribution in [0, 0.1) is 0 Å². The molecule has 0 aromatic carbocycles. The molecule has 1 heteroatoms. The first-order valence-corrected chi connectivity index (χ1v) is 5.73. The van der Waals surface area contributed by atoms with E-state index >= 15 is 0 Å². The average Bonchev–Trinajstić information content (AvgIpc) is 2.70. The van der Waals surface area contributed by atoms with E-state index in [4.69, 9.17) is 0 Å². The van der Waals surface area contributed by atoms with Crippen molar-refractivity contribution >= 4 is 5.78 Å². The molecule has 0 amide bonds. The Balaban J connectivity index is 2.04. The average molecular weight is 192 g/mol. The second-order valence-corrected chi connectivity index (χ2v) is 3.91. The van der Waals surface area contributed by atoms with Crippen LogP contribution in [0.1, 0.15) is 51.9 Å². The quantitative estimate of drug-likeness (QED) is 0.561. The summed E-state index contributed by atoms with van der Waals surface area (Å²) in [6.07, 6.45) is 13.7. The van der Waals surface area contributed by atoms with E-state index in [0.717, 1.165) is 24.8 Å². The highest BCUT2D eigenvalue weighted by Gasteiger charge is 2.08. The van der Waals surface area contributed by atoms with Crippen LogP contribution in [0.5, 0.6) is 0 Å². The van der Waals surface area contributed by atoms with E-state index in [9.17, 15) is 4.79 Å². The van der Waals surface area contributed by atoms with Crippen molar-refractivity contribution in [3.05, 3.63) is 23.8 Å². The van der Waals surface area contributed by atoms with Crippen LogP contribution in [0.2, 0.25) is 0 Å². The fourth-order valence-corrected chi connectivity index (χ4v) is 1.70. The van der Waals surface area contributed by atoms with Gasteiger partial charge in [0.2, 0.25) is 0 Å². The number of carbonyl (C=O) groups is 1. The molecule has 0 saturated carbocycles. The van der Waals surface area contributed by atoms with Crippen molar-refractivity contribution in [3.8, 4) is 0 Å². The van der Waals surface area contributed by atoms with Gasteiger partial charge in [-0.2, -0.15) is 0 Å². The van der Waals surface area contributed by atoms with Crippen LogP contribution in [-0.4, -0.2) is 5.78 Å². The summed E-state index contributed by atoms with van der Waals surface area (Å²) in [4.78, 5) is 11.6. The molecular weight excluding hydrogens is 172 g/mol. The minimum Gasteiger partial charge on any atom is -0.295 e. The number of carbonyl (C=O) groups excluding carboxylic acids is 1. The third-order valence-corrected chi connectivity index (χ3v) is 2.64. The first-order valence-electron chi connectivity index (χ1n) is 5.73. The molecule has 0 aromatic rings. The van der Waals surface area contributed by atoms with Crippen molar-refractivity contribution in [2.45, 2.75) is 51.9 Å². The maximum Gasteiger partial charge on any atom is 0.159 e. The van der Waals surface area contributed by atoms with Crippen LogP contribution in [0.15, 0.2) is 23.8 Å². The number of ketones is 1. The molecule has 1 rings (SSSR count). The number of hydrogen-bond acceptors (Lipinski definition) is 1. The number of unbranched alkanes of at least 4 members (excludes halogenated alkanes) is 4. The van der Waals surface area contributed by atoms with Gasteiger partial charge in [-0.05, 0) is 18.4 Å². The predicted octanol–water partition coefficient (Wildman–Crippen LogP) is 3.80. The SMILES string of the molecule is CCCCCCCC(=O)C1=CC=CC1. The van der Waals surface area contributed by atoms with Gasteiger partial charge in [-0.1, -0.05) is 50.8 Å². The lowest BCUT2D eigenvalue weighted by Crippen LogP contribution is -2.00. The lowest BCUT2D eigenvalue weighted by molar-refractivity contribution is -0.115. The van der Waals surface area contributed by atoms with Crippen molar-refractivity contribution in [1.82, 2.24) is 0 Å². The Hall–Kier alpha value is -0.850. The highest BCUT2D eigenvalue weighted by Crippen LogP contribution is 2.15. The summed E-state index contributed by atoms with van der Waals surface area (Å²) in [5.74, 6) is 0.353. The first kappa shape index (κ1) is 11.2. The zero-order chi connectivity index (χ0) is 10.2. The van der Waals surface area contributed by atoms with Gasteiger partial charge in [0.1, 0.15) is 0 Å². The van der Waals surface area contributed by atoms with Crippen LogP contribution in [0.3, 0.4) is 0 Å². The van der Waals surface area contributed by atoms with E-state index in [-0.39, 0.29) is 0 Å². The molecule has 0 spiro atoms. The van der Waals surface area contributed by atoms with Crippen LogP contribution in [0.25, 0.3) is 0 Å². The molecule has 14 heavy (non-hydrogen) atoms.